The lowest BCUT2D eigenvalue weighted by atomic mass is 10.1. The van der Waals surface area contributed by atoms with Crippen LogP contribution in [0.3, 0.4) is 0 Å². The highest BCUT2D eigenvalue weighted by molar-refractivity contribution is 6.39. The minimum atomic E-state index is 0.763. The van der Waals surface area contributed by atoms with E-state index in [1.54, 1.807) is 0 Å². The zero-order valence-electron chi connectivity index (χ0n) is 7.97. The highest BCUT2D eigenvalue weighted by Crippen LogP contribution is 2.34. The fourth-order valence-electron chi connectivity index (χ4n) is 1.91. The molecule has 0 saturated carbocycles. The maximum absolute atomic E-state index is 6.14. The molecule has 0 bridgehead atoms. The van der Waals surface area contributed by atoms with Crippen molar-refractivity contribution in [3.05, 3.63) is 28.2 Å². The minimum Gasteiger partial charge on any atom is -0.369 e. The van der Waals surface area contributed by atoms with E-state index in [2.05, 4.69) is 4.90 Å². The molecule has 14 heavy (non-hydrogen) atoms. The van der Waals surface area contributed by atoms with Crippen LogP contribution in [0.1, 0.15) is 19.3 Å². The van der Waals surface area contributed by atoms with Crippen molar-refractivity contribution in [1.29, 1.82) is 0 Å². The SMILES string of the molecule is Clc1cccc(Cl)c1N1CCCCC1. The summed E-state index contributed by atoms with van der Waals surface area (Å²) in [5, 5.41) is 1.53. The normalized spacial score (nSPS) is 17.1. The molecule has 0 amide bonds. The Labute approximate surface area is 94.6 Å². The number of halogens is 2. The molecule has 0 spiro atoms. The highest BCUT2D eigenvalue weighted by Gasteiger charge is 2.16. The molecule has 76 valence electrons. The first kappa shape index (κ1) is 10.1. The molecular formula is C11H13Cl2N. The van der Waals surface area contributed by atoms with E-state index in [-0.39, 0.29) is 0 Å². The van der Waals surface area contributed by atoms with Crippen LogP contribution >= 0.6 is 23.2 Å². The van der Waals surface area contributed by atoms with Crippen LogP contribution in [-0.4, -0.2) is 13.1 Å². The fraction of sp³-hybridized carbons (Fsp3) is 0.455. The summed E-state index contributed by atoms with van der Waals surface area (Å²) in [7, 11) is 0. The summed E-state index contributed by atoms with van der Waals surface area (Å²) >= 11 is 12.3. The van der Waals surface area contributed by atoms with E-state index in [9.17, 15) is 0 Å². The number of benzene rings is 1. The van der Waals surface area contributed by atoms with Gasteiger partial charge in [-0.05, 0) is 31.4 Å². The molecule has 1 heterocycles. The molecular weight excluding hydrogens is 217 g/mol. The van der Waals surface area contributed by atoms with E-state index in [1.165, 1.54) is 19.3 Å². The van der Waals surface area contributed by atoms with Gasteiger partial charge in [-0.25, -0.2) is 0 Å². The molecule has 3 heteroatoms. The van der Waals surface area contributed by atoms with Gasteiger partial charge < -0.3 is 4.90 Å². The molecule has 0 aromatic heterocycles. The summed E-state index contributed by atoms with van der Waals surface area (Å²) in [4.78, 5) is 2.29. The highest BCUT2D eigenvalue weighted by atomic mass is 35.5. The third kappa shape index (κ3) is 1.99. The van der Waals surface area contributed by atoms with Gasteiger partial charge in [0.1, 0.15) is 0 Å². The standard InChI is InChI=1S/C11H13Cl2N/c12-9-5-4-6-10(13)11(9)14-7-2-1-3-8-14/h4-6H,1-3,7-8H2. The molecule has 0 unspecified atom stereocenters. The molecule has 2 rings (SSSR count). The van der Waals surface area contributed by atoms with Crippen molar-refractivity contribution >= 4 is 28.9 Å². The number of anilines is 1. The largest absolute Gasteiger partial charge is 0.369 e. The zero-order chi connectivity index (χ0) is 9.97. The number of hydrogen-bond acceptors (Lipinski definition) is 1. The van der Waals surface area contributed by atoms with Crippen LogP contribution in [0, 0.1) is 0 Å². The van der Waals surface area contributed by atoms with Crippen LogP contribution in [-0.2, 0) is 0 Å². The average molecular weight is 230 g/mol. The van der Waals surface area contributed by atoms with Gasteiger partial charge in [0.15, 0.2) is 0 Å². The van der Waals surface area contributed by atoms with E-state index in [1.807, 2.05) is 18.2 Å². The lowest BCUT2D eigenvalue weighted by molar-refractivity contribution is 0.578. The van der Waals surface area contributed by atoms with Gasteiger partial charge in [0.05, 0.1) is 15.7 Å². The van der Waals surface area contributed by atoms with Crippen LogP contribution in [0.15, 0.2) is 18.2 Å². The van der Waals surface area contributed by atoms with Gasteiger partial charge in [0, 0.05) is 13.1 Å². The van der Waals surface area contributed by atoms with Crippen LogP contribution < -0.4 is 4.90 Å². The summed E-state index contributed by atoms with van der Waals surface area (Å²) in [5.74, 6) is 0. The number of piperidine rings is 1. The summed E-state index contributed by atoms with van der Waals surface area (Å²) in [5.41, 5.74) is 1.01. The Morgan fingerprint density at radius 2 is 1.50 bits per heavy atom. The third-order valence-corrected chi connectivity index (χ3v) is 3.22. The molecule has 1 nitrogen and oxygen atoms in total. The van der Waals surface area contributed by atoms with E-state index in [4.69, 9.17) is 23.2 Å². The van der Waals surface area contributed by atoms with Gasteiger partial charge in [0.2, 0.25) is 0 Å². The first-order valence-electron chi connectivity index (χ1n) is 4.98. The van der Waals surface area contributed by atoms with Gasteiger partial charge in [-0.3, -0.25) is 0 Å². The van der Waals surface area contributed by atoms with Crippen molar-refractivity contribution in [2.75, 3.05) is 18.0 Å². The average Bonchev–Trinajstić information content (AvgIpc) is 2.19. The Morgan fingerprint density at radius 3 is 2.07 bits per heavy atom. The van der Waals surface area contributed by atoms with Crippen molar-refractivity contribution in [2.45, 2.75) is 19.3 Å². The second-order valence-electron chi connectivity index (χ2n) is 3.62. The monoisotopic (exact) mass is 229 g/mol. The Bertz CT molecular complexity index is 299. The second-order valence-corrected chi connectivity index (χ2v) is 4.43. The third-order valence-electron chi connectivity index (χ3n) is 2.61. The van der Waals surface area contributed by atoms with Crippen molar-refractivity contribution < 1.29 is 0 Å². The topological polar surface area (TPSA) is 3.24 Å². The van der Waals surface area contributed by atoms with Crippen molar-refractivity contribution in [3.63, 3.8) is 0 Å². The molecule has 1 fully saturated rings. The molecule has 0 radical (unpaired) electrons. The van der Waals surface area contributed by atoms with E-state index >= 15 is 0 Å². The van der Waals surface area contributed by atoms with Crippen LogP contribution in [0.4, 0.5) is 5.69 Å². The smallest absolute Gasteiger partial charge is 0.0744 e. The number of para-hydroxylation sites is 1. The van der Waals surface area contributed by atoms with E-state index in [0.717, 1.165) is 28.8 Å². The van der Waals surface area contributed by atoms with Crippen molar-refractivity contribution in [2.24, 2.45) is 0 Å². The van der Waals surface area contributed by atoms with Crippen LogP contribution in [0.5, 0.6) is 0 Å². The zero-order valence-corrected chi connectivity index (χ0v) is 9.48. The minimum absolute atomic E-state index is 0.763. The van der Waals surface area contributed by atoms with E-state index < -0.39 is 0 Å². The Balaban J connectivity index is 2.29. The second kappa shape index (κ2) is 4.41. The fourth-order valence-corrected chi connectivity index (χ4v) is 2.55. The van der Waals surface area contributed by atoms with Gasteiger partial charge in [-0.2, -0.15) is 0 Å². The molecule has 1 aromatic carbocycles. The van der Waals surface area contributed by atoms with Gasteiger partial charge in [-0.15, -0.1) is 0 Å². The first-order valence-corrected chi connectivity index (χ1v) is 5.73. The Hall–Kier alpha value is -0.400. The Kier molecular flexibility index (Phi) is 3.19. The summed E-state index contributed by atoms with van der Waals surface area (Å²) in [6, 6.07) is 5.69. The maximum Gasteiger partial charge on any atom is 0.0744 e. The molecule has 1 aliphatic rings. The van der Waals surface area contributed by atoms with Crippen LogP contribution in [0.2, 0.25) is 10.0 Å². The predicted octanol–water partition coefficient (Wildman–Crippen LogP) is 3.98. The predicted molar refractivity (Wildman–Crippen MR) is 62.5 cm³/mol. The number of hydrogen-bond donors (Lipinski definition) is 0. The van der Waals surface area contributed by atoms with Gasteiger partial charge >= 0.3 is 0 Å². The molecule has 1 aromatic rings. The maximum atomic E-state index is 6.14. The van der Waals surface area contributed by atoms with Gasteiger partial charge in [0.25, 0.3) is 0 Å². The summed E-state index contributed by atoms with van der Waals surface area (Å²) in [6.07, 6.45) is 3.79. The van der Waals surface area contributed by atoms with Crippen LogP contribution in [0.25, 0.3) is 0 Å². The molecule has 1 aliphatic heterocycles. The number of nitrogens with zero attached hydrogens (tertiary/aromatic N) is 1. The lowest BCUT2D eigenvalue weighted by Gasteiger charge is -2.30. The molecule has 1 saturated heterocycles. The number of rotatable bonds is 1. The molecule has 0 N–H and O–H groups in total. The lowest BCUT2D eigenvalue weighted by Crippen LogP contribution is -2.29. The van der Waals surface area contributed by atoms with Crippen molar-refractivity contribution in [1.82, 2.24) is 0 Å². The first-order chi connectivity index (χ1) is 6.79. The summed E-state index contributed by atoms with van der Waals surface area (Å²) in [6.45, 7) is 2.15. The quantitative estimate of drug-likeness (QED) is 0.705. The van der Waals surface area contributed by atoms with Gasteiger partial charge in [-0.1, -0.05) is 29.3 Å². The molecule has 0 aliphatic carbocycles. The van der Waals surface area contributed by atoms with E-state index in [0.29, 0.717) is 0 Å². The molecule has 0 atom stereocenters. The summed E-state index contributed by atoms with van der Waals surface area (Å²) < 4.78 is 0. The van der Waals surface area contributed by atoms with Crippen molar-refractivity contribution in [3.8, 4) is 0 Å². The Morgan fingerprint density at radius 1 is 0.929 bits per heavy atom.